The molecular weight excluding hydrogens is 680 g/mol. The Balaban J connectivity index is -0.0000000450. The van der Waals surface area contributed by atoms with E-state index in [2.05, 4.69) is 0 Å². The van der Waals surface area contributed by atoms with Crippen LogP contribution in [-0.4, -0.2) is 112 Å². The van der Waals surface area contributed by atoms with Crippen molar-refractivity contribution >= 4 is 60.7 Å². The molecule has 0 aliphatic rings. The van der Waals surface area contributed by atoms with Crippen LogP contribution < -0.4 is 0 Å². The molecule has 0 aromatic carbocycles. The molecule has 20 nitrogen and oxygen atoms in total. The van der Waals surface area contributed by atoms with Gasteiger partial charge in [-0.3, -0.25) is 47.9 Å². The van der Waals surface area contributed by atoms with Gasteiger partial charge in [0.25, 0.3) is 24.9 Å². The Bertz CT molecular complexity index is 736. The first kappa shape index (κ1) is 70.9. The van der Waals surface area contributed by atoms with Crippen LogP contribution in [0.3, 0.4) is 0 Å². The van der Waals surface area contributed by atoms with Crippen LogP contribution in [0, 0.1) is 0 Å². The third kappa shape index (κ3) is 460. The SMILES string of the molecule is CC(=O)O.CC(=O)O.CCC(=O)O.CCC(=O)O.CCCC(=O)O.CCCC(=O)O.CCCCC(=O)O.CCCCC(=O)O.O=CO.O=CO. The summed E-state index contributed by atoms with van der Waals surface area (Å²) in [5, 5.41) is 76.0. The van der Waals surface area contributed by atoms with E-state index in [0.717, 1.165) is 52.4 Å². The summed E-state index contributed by atoms with van der Waals surface area (Å²) in [7, 11) is 0. The summed E-state index contributed by atoms with van der Waals surface area (Å²) < 4.78 is 0. The fraction of sp³-hybridized carbons (Fsp3) is 0.667. The third-order valence-corrected chi connectivity index (χ3v) is 3.02. The average Bonchev–Trinajstić information content (AvgIpc) is 2.96. The van der Waals surface area contributed by atoms with Crippen LogP contribution in [-0.2, 0) is 47.9 Å². The zero-order valence-corrected chi connectivity index (χ0v) is 30.2. The predicted molar refractivity (Wildman–Crippen MR) is 179 cm³/mol. The van der Waals surface area contributed by atoms with E-state index in [0.29, 0.717) is 25.7 Å². The molecule has 0 aliphatic heterocycles. The summed E-state index contributed by atoms with van der Waals surface area (Å²) in [4.78, 5) is 92.2. The van der Waals surface area contributed by atoms with E-state index >= 15 is 0 Å². The summed E-state index contributed by atoms with van der Waals surface area (Å²) >= 11 is 0. The molecule has 0 atom stereocenters. The van der Waals surface area contributed by atoms with E-state index in [9.17, 15) is 28.8 Å². The number of aliphatic carboxylic acids is 8. The molecule has 20 heteroatoms. The molecule has 0 aliphatic carbocycles. The number of carbonyl (C=O) groups is 10. The highest BCUT2D eigenvalue weighted by Gasteiger charge is 1.91. The number of hydrogen-bond acceptors (Lipinski definition) is 10. The van der Waals surface area contributed by atoms with Crippen molar-refractivity contribution in [1.82, 2.24) is 0 Å². The van der Waals surface area contributed by atoms with Crippen molar-refractivity contribution in [1.29, 1.82) is 0 Å². The van der Waals surface area contributed by atoms with Crippen LogP contribution in [0.25, 0.3) is 0 Å². The van der Waals surface area contributed by atoms with Crippen molar-refractivity contribution in [3.05, 3.63) is 0 Å². The summed E-state index contributed by atoms with van der Waals surface area (Å²) in [6.07, 6.45) is 6.65. The fourth-order valence-corrected chi connectivity index (χ4v) is 1.08. The second kappa shape index (κ2) is 74.5. The highest BCUT2D eigenvalue weighted by atomic mass is 16.4. The summed E-state index contributed by atoms with van der Waals surface area (Å²) in [5.41, 5.74) is 0. The predicted octanol–water partition coefficient (Wildman–Crippen LogP) is 4.81. The Labute approximate surface area is 292 Å². The first-order chi connectivity index (χ1) is 22.9. The van der Waals surface area contributed by atoms with Crippen LogP contribution >= 0.6 is 0 Å². The molecule has 0 heterocycles. The Hall–Kier alpha value is -5.30. The first-order valence-corrected chi connectivity index (χ1v) is 14.8. The highest BCUT2D eigenvalue weighted by Crippen LogP contribution is 1.91. The van der Waals surface area contributed by atoms with Gasteiger partial charge in [0.15, 0.2) is 0 Å². The van der Waals surface area contributed by atoms with Crippen LogP contribution in [0.4, 0.5) is 0 Å². The van der Waals surface area contributed by atoms with E-state index in [4.69, 9.17) is 70.2 Å². The van der Waals surface area contributed by atoms with Gasteiger partial charge in [-0.25, -0.2) is 0 Å². The van der Waals surface area contributed by atoms with Gasteiger partial charge < -0.3 is 51.1 Å². The van der Waals surface area contributed by atoms with Gasteiger partial charge in [0.1, 0.15) is 0 Å². The van der Waals surface area contributed by atoms with E-state index in [-0.39, 0.29) is 25.8 Å². The van der Waals surface area contributed by atoms with Crippen molar-refractivity contribution in [2.75, 3.05) is 0 Å². The van der Waals surface area contributed by atoms with E-state index in [1.54, 1.807) is 13.8 Å². The Kier molecular flexibility index (Phi) is 106. The van der Waals surface area contributed by atoms with Gasteiger partial charge in [-0.1, -0.05) is 54.4 Å². The van der Waals surface area contributed by atoms with Crippen molar-refractivity contribution in [3.63, 3.8) is 0 Å². The average molecular weight is 741 g/mol. The molecule has 0 saturated heterocycles. The number of rotatable bonds is 12. The van der Waals surface area contributed by atoms with E-state index in [1.165, 1.54) is 0 Å². The quantitative estimate of drug-likeness (QED) is 0.120. The molecule has 0 bridgehead atoms. The maximum absolute atomic E-state index is 9.76. The number of hydrogen-bond donors (Lipinski definition) is 10. The molecule has 0 fully saturated rings. The molecule has 50 heavy (non-hydrogen) atoms. The molecule has 0 aromatic rings. The van der Waals surface area contributed by atoms with Crippen LogP contribution in [0.15, 0.2) is 0 Å². The Morgan fingerprint density at radius 3 is 0.540 bits per heavy atom. The maximum Gasteiger partial charge on any atom is 0.303 e. The zero-order chi connectivity index (χ0) is 42.5. The molecule has 0 rings (SSSR count). The van der Waals surface area contributed by atoms with Gasteiger partial charge in [0, 0.05) is 52.4 Å². The van der Waals surface area contributed by atoms with Gasteiger partial charge in [-0.05, 0) is 25.7 Å². The second-order valence-electron chi connectivity index (χ2n) is 8.03. The maximum atomic E-state index is 9.76. The van der Waals surface area contributed by atoms with Crippen molar-refractivity contribution in [2.24, 2.45) is 0 Å². The van der Waals surface area contributed by atoms with Gasteiger partial charge in [-0.15, -0.1) is 0 Å². The van der Waals surface area contributed by atoms with Crippen LogP contribution in [0.5, 0.6) is 0 Å². The molecule has 0 aromatic heterocycles. The minimum atomic E-state index is -0.833. The third-order valence-electron chi connectivity index (χ3n) is 3.02. The molecule has 300 valence electrons. The van der Waals surface area contributed by atoms with Gasteiger partial charge in [0.2, 0.25) is 0 Å². The second-order valence-corrected chi connectivity index (χ2v) is 8.03. The van der Waals surface area contributed by atoms with Crippen molar-refractivity contribution < 1.29 is 99.0 Å². The summed E-state index contributed by atoms with van der Waals surface area (Å²) in [6.45, 7) is 12.5. The minimum absolute atomic E-state index is 0.222. The largest absolute Gasteiger partial charge is 0.483 e. The molecular formula is C30H60O20. The normalized spacial score (nSPS) is 7.36. The lowest BCUT2D eigenvalue weighted by atomic mass is 10.3. The van der Waals surface area contributed by atoms with E-state index in [1.807, 2.05) is 27.7 Å². The Morgan fingerprint density at radius 1 is 0.380 bits per heavy atom. The number of unbranched alkanes of at least 4 members (excludes halogenated alkanes) is 2. The summed E-state index contributed by atoms with van der Waals surface area (Å²) in [6, 6.07) is 0. The first-order valence-electron chi connectivity index (χ1n) is 14.8. The monoisotopic (exact) mass is 740 g/mol. The van der Waals surface area contributed by atoms with Crippen molar-refractivity contribution in [3.8, 4) is 0 Å². The Morgan fingerprint density at radius 2 is 0.520 bits per heavy atom. The molecule has 0 radical (unpaired) electrons. The molecule has 10 N–H and O–H groups in total. The highest BCUT2D eigenvalue weighted by molar-refractivity contribution is 5.67. The van der Waals surface area contributed by atoms with Gasteiger partial charge in [-0.2, -0.15) is 0 Å². The van der Waals surface area contributed by atoms with Crippen LogP contribution in [0.2, 0.25) is 0 Å². The lowest BCUT2D eigenvalue weighted by molar-refractivity contribution is -0.138. The molecule has 0 spiro atoms. The number of carboxylic acid groups (broad SMARTS) is 10. The number of carboxylic acids is 8. The van der Waals surface area contributed by atoms with Gasteiger partial charge >= 0.3 is 35.8 Å². The molecule has 0 amide bonds. The van der Waals surface area contributed by atoms with Gasteiger partial charge in [0.05, 0.1) is 0 Å². The smallest absolute Gasteiger partial charge is 0.303 e. The molecule has 0 saturated carbocycles. The topological polar surface area (TPSA) is 373 Å². The minimum Gasteiger partial charge on any atom is -0.483 e. The van der Waals surface area contributed by atoms with E-state index < -0.39 is 47.8 Å². The van der Waals surface area contributed by atoms with Crippen LogP contribution in [0.1, 0.15) is 132 Å². The fourth-order valence-electron chi connectivity index (χ4n) is 1.08. The lowest BCUT2D eigenvalue weighted by Gasteiger charge is -1.85. The standard InChI is InChI=1S/2C5H10O2.2C4H8O2.2C3H6O2.2C2H4O2.2CH2O2/c2*1-2-3-4-5(6)7;2*1-2-3-4(5)6;2*1-2-3(4)5;2*1-2(3)4;2*2-1-3/h2*2-4H2,1H3,(H,6,7);2*2-3H2,1H3,(H,5,6);2*2H2,1H3,(H,4,5);2*1H3,(H,3,4);2*1H,(H,2,3). The summed E-state index contributed by atoms with van der Waals surface area (Å²) in [5.74, 6) is -5.96. The lowest BCUT2D eigenvalue weighted by Crippen LogP contribution is -1.91. The molecule has 0 unspecified atom stereocenters. The zero-order valence-electron chi connectivity index (χ0n) is 30.2. The van der Waals surface area contributed by atoms with Crippen molar-refractivity contribution in [2.45, 2.75) is 132 Å².